The van der Waals surface area contributed by atoms with E-state index in [1.54, 1.807) is 12.1 Å². The maximum atomic E-state index is 14.7. The number of nitrogens with zero attached hydrogens (tertiary/aromatic N) is 2. The molecular formula is C46H37BClF2N6O8S2. The van der Waals surface area contributed by atoms with Crippen LogP contribution in [0.4, 0.5) is 8.78 Å². The van der Waals surface area contributed by atoms with Crippen molar-refractivity contribution in [2.75, 3.05) is 25.6 Å². The molecule has 0 fully saturated rings. The van der Waals surface area contributed by atoms with Gasteiger partial charge in [-0.2, -0.15) is 0 Å². The first-order chi connectivity index (χ1) is 31.5. The summed E-state index contributed by atoms with van der Waals surface area (Å²) in [4.78, 5) is 39.6. The lowest BCUT2D eigenvalue weighted by atomic mass is 10.0. The van der Waals surface area contributed by atoms with Crippen LogP contribution in [0.3, 0.4) is 0 Å². The minimum atomic E-state index is -3.51. The Hall–Kier alpha value is -6.93. The summed E-state index contributed by atoms with van der Waals surface area (Å²) >= 11 is 6.02. The average Bonchev–Trinajstić information content (AvgIpc) is 3.93. The molecule has 2 aliphatic heterocycles. The zero-order valence-electron chi connectivity index (χ0n) is 34.9. The van der Waals surface area contributed by atoms with Crippen LogP contribution in [0.5, 0.6) is 5.75 Å². The summed E-state index contributed by atoms with van der Waals surface area (Å²) in [7, 11) is -6.61. The third-order valence-electron chi connectivity index (χ3n) is 10.8. The van der Waals surface area contributed by atoms with E-state index in [4.69, 9.17) is 16.6 Å². The third-order valence-corrected chi connectivity index (χ3v) is 13.2. The van der Waals surface area contributed by atoms with Gasteiger partial charge in [0.1, 0.15) is 16.7 Å². The Morgan fingerprint density at radius 2 is 1.14 bits per heavy atom. The fraction of sp³-hybridized carbons (Fsp3) is 0.130. The average molecular weight is 950 g/mol. The molecule has 0 aliphatic carbocycles. The Kier molecular flexibility index (Phi) is 12.8. The number of hydrogen-bond acceptors (Lipinski definition) is 10. The Bertz CT molecular complexity index is 3460. The molecule has 2 aliphatic rings. The number of halogens is 3. The van der Waals surface area contributed by atoms with E-state index < -0.39 is 31.3 Å². The molecule has 0 bridgehead atoms. The van der Waals surface area contributed by atoms with Gasteiger partial charge in [0.2, 0.25) is 0 Å². The highest BCUT2D eigenvalue weighted by molar-refractivity contribution is 7.91. The standard InChI is InChI=1S/C23H18FN3O3S.C16H12ClN3O.C7H7BFO4S/c1-31(29,30)14-6-7-15(18(24)11-14)19-8-5-13-3-2-4-16(22(13)27-19)21-12-17-20(26-21)9-10-25-23(17)28;17-14-5-4-9-2-1-3-10(15(9)20-14)13-8-11-12(19-13)6-7-18-16(11)21;1-14(11,12)5-2-3-7(13-8-10)6(9)4-5/h2-8,11-12,26H,9-10H2,1H3,(H,25,28);1-5,8,19H,6-7H2,(H,18,21);2-4,10H,1H3. The zero-order valence-corrected chi connectivity index (χ0v) is 37.3. The largest absolute Gasteiger partial charge is 0.569 e. The molecule has 66 heavy (non-hydrogen) atoms. The van der Waals surface area contributed by atoms with Crippen molar-refractivity contribution in [1.82, 2.24) is 30.6 Å². The van der Waals surface area contributed by atoms with E-state index in [0.29, 0.717) is 42.7 Å². The van der Waals surface area contributed by atoms with Gasteiger partial charge >= 0.3 is 7.69 Å². The van der Waals surface area contributed by atoms with Crippen molar-refractivity contribution in [3.05, 3.63) is 148 Å². The number of pyridine rings is 2. The second kappa shape index (κ2) is 18.5. The van der Waals surface area contributed by atoms with Gasteiger partial charge in [-0.15, -0.1) is 0 Å². The number of benzene rings is 4. The number of carbonyl (C=O) groups excluding carboxylic acids is 2. The molecule has 4 aromatic heterocycles. The number of aromatic amines is 2. The smallest absolute Gasteiger partial charge is 0.535 e. The van der Waals surface area contributed by atoms with Crippen LogP contribution in [0.2, 0.25) is 5.15 Å². The highest BCUT2D eigenvalue weighted by Crippen LogP contribution is 2.33. The van der Waals surface area contributed by atoms with Gasteiger partial charge in [-0.25, -0.2) is 35.6 Å². The Morgan fingerprint density at radius 1 is 0.621 bits per heavy atom. The van der Waals surface area contributed by atoms with Crippen LogP contribution in [-0.2, 0) is 32.5 Å². The van der Waals surface area contributed by atoms with Gasteiger partial charge in [-0.05, 0) is 66.7 Å². The Labute approximate surface area is 382 Å². The van der Waals surface area contributed by atoms with Crippen LogP contribution >= 0.6 is 11.6 Å². The predicted molar refractivity (Wildman–Crippen MR) is 247 cm³/mol. The molecule has 14 nitrogen and oxygen atoms in total. The van der Waals surface area contributed by atoms with E-state index in [9.17, 15) is 35.2 Å². The van der Waals surface area contributed by atoms with Gasteiger partial charge in [-0.1, -0.05) is 54.1 Å². The zero-order chi connectivity index (χ0) is 46.9. The quantitative estimate of drug-likeness (QED) is 0.0813. The number of nitrogens with one attached hydrogen (secondary N) is 4. The third kappa shape index (κ3) is 9.69. The number of amides is 2. The molecule has 0 spiro atoms. The monoisotopic (exact) mass is 949 g/mol. The molecule has 1 radical (unpaired) electrons. The van der Waals surface area contributed by atoms with Crippen LogP contribution in [0.15, 0.2) is 119 Å². The molecule has 20 heteroatoms. The van der Waals surface area contributed by atoms with Crippen LogP contribution < -0.4 is 15.3 Å². The molecule has 0 atom stereocenters. The first-order valence-corrected chi connectivity index (χ1v) is 24.2. The predicted octanol–water partition coefficient (Wildman–Crippen LogP) is 7.03. The number of fused-ring (bicyclic) bond motifs is 4. The van der Waals surface area contributed by atoms with E-state index in [2.05, 4.69) is 35.2 Å². The van der Waals surface area contributed by atoms with Gasteiger partial charge < -0.3 is 30.3 Å². The number of sulfone groups is 2. The van der Waals surface area contributed by atoms with Gasteiger partial charge in [0.15, 0.2) is 25.5 Å². The molecule has 0 saturated carbocycles. The summed E-state index contributed by atoms with van der Waals surface area (Å²) in [6.45, 7) is 1.26. The topological polar surface area (TPSA) is 213 Å². The Morgan fingerprint density at radius 3 is 1.64 bits per heavy atom. The molecule has 2 amide bonds. The molecule has 5 N–H and O–H groups in total. The summed E-state index contributed by atoms with van der Waals surface area (Å²) in [5, 5.41) is 16.3. The van der Waals surface area contributed by atoms with Crippen LogP contribution in [0.1, 0.15) is 32.1 Å². The van der Waals surface area contributed by atoms with E-state index >= 15 is 0 Å². The fourth-order valence-corrected chi connectivity index (χ4v) is 8.94. The van der Waals surface area contributed by atoms with E-state index in [-0.39, 0.29) is 32.9 Å². The Balaban J connectivity index is 0.000000146. The second-order valence-corrected chi connectivity index (χ2v) is 19.7. The molecule has 6 heterocycles. The lowest BCUT2D eigenvalue weighted by Crippen LogP contribution is -2.31. The number of H-pyrrole nitrogens is 2. The number of rotatable bonds is 7. The van der Waals surface area contributed by atoms with Crippen molar-refractivity contribution in [3.63, 3.8) is 0 Å². The minimum Gasteiger partial charge on any atom is -0.535 e. The van der Waals surface area contributed by atoms with Gasteiger partial charge in [0.25, 0.3) is 11.8 Å². The van der Waals surface area contributed by atoms with Crippen molar-refractivity contribution in [2.24, 2.45) is 0 Å². The van der Waals surface area contributed by atoms with Gasteiger partial charge in [0.05, 0.1) is 37.6 Å². The maximum absolute atomic E-state index is 14.7. The highest BCUT2D eigenvalue weighted by atomic mass is 35.5. The van der Waals surface area contributed by atoms with Gasteiger partial charge in [0, 0.05) is 88.7 Å². The number of carbonyl (C=O) groups is 2. The van der Waals surface area contributed by atoms with E-state index in [0.717, 1.165) is 99.3 Å². The normalized spacial score (nSPS) is 13.3. The first-order valence-electron chi connectivity index (χ1n) is 20.1. The summed E-state index contributed by atoms with van der Waals surface area (Å²) in [5.74, 6) is -1.87. The van der Waals surface area contributed by atoms with Crippen molar-refractivity contribution in [1.29, 1.82) is 0 Å². The van der Waals surface area contributed by atoms with E-state index in [1.165, 1.54) is 18.2 Å². The summed E-state index contributed by atoms with van der Waals surface area (Å²) in [6, 6.07) is 29.6. The van der Waals surface area contributed by atoms with Crippen molar-refractivity contribution < 1.29 is 44.9 Å². The summed E-state index contributed by atoms with van der Waals surface area (Å²) in [5.41, 5.74) is 8.74. The lowest BCUT2D eigenvalue weighted by Gasteiger charge is -2.11. The first kappa shape index (κ1) is 45.6. The van der Waals surface area contributed by atoms with Crippen LogP contribution in [0.25, 0.3) is 55.6 Å². The summed E-state index contributed by atoms with van der Waals surface area (Å²) in [6.07, 6.45) is 3.56. The summed E-state index contributed by atoms with van der Waals surface area (Å²) < 4.78 is 77.5. The molecule has 0 unspecified atom stereocenters. The highest BCUT2D eigenvalue weighted by Gasteiger charge is 2.23. The maximum Gasteiger partial charge on any atom is 0.569 e. The van der Waals surface area contributed by atoms with Crippen molar-refractivity contribution in [2.45, 2.75) is 22.6 Å². The van der Waals surface area contributed by atoms with Crippen molar-refractivity contribution in [3.8, 4) is 39.5 Å². The lowest BCUT2D eigenvalue weighted by molar-refractivity contribution is 0.0937. The SMILES string of the molecule is CS(=O)(=O)c1ccc(-c2ccc3cccc(-c4cc5c([nH]4)CCNC5=O)c3n2)c(F)c1.CS(=O)(=O)c1ccc(O[B]O)c(F)c1.O=C1NCCc2[nH]c(-c3cccc4ccc(Cl)nc34)cc21. The van der Waals surface area contributed by atoms with Gasteiger partial charge in [-0.3, -0.25) is 9.59 Å². The van der Waals surface area contributed by atoms with Crippen LogP contribution in [-0.4, -0.2) is 86.9 Å². The van der Waals surface area contributed by atoms with E-state index in [1.807, 2.05) is 60.7 Å². The molecule has 4 aromatic carbocycles. The molecular weight excluding hydrogens is 913 g/mol. The molecule has 8 aromatic rings. The molecule has 335 valence electrons. The number of hydrogen-bond donors (Lipinski definition) is 5. The second-order valence-electron chi connectivity index (χ2n) is 15.2. The molecule has 10 rings (SSSR count). The molecule has 0 saturated heterocycles. The fourth-order valence-electron chi connectivity index (χ4n) is 7.53. The minimum absolute atomic E-state index is 0.0232. The van der Waals surface area contributed by atoms with Crippen LogP contribution in [0, 0.1) is 11.6 Å². The van der Waals surface area contributed by atoms with Crippen molar-refractivity contribution >= 4 is 72.6 Å². The number of para-hydroxylation sites is 2. The number of aromatic nitrogens is 4.